The maximum absolute atomic E-state index is 4.34. The molecule has 106 valence electrons. The second-order valence-electron chi connectivity index (χ2n) is 4.48. The normalized spacial score (nSPS) is 12.0. The number of benzene rings is 2. The molecule has 21 heavy (non-hydrogen) atoms. The van der Waals surface area contributed by atoms with Crippen LogP contribution in [0.5, 0.6) is 0 Å². The van der Waals surface area contributed by atoms with Crippen molar-refractivity contribution < 1.29 is 0 Å². The van der Waals surface area contributed by atoms with Gasteiger partial charge in [0.2, 0.25) is 0 Å². The van der Waals surface area contributed by atoms with E-state index in [-0.39, 0.29) is 0 Å². The molecule has 0 heterocycles. The van der Waals surface area contributed by atoms with Crippen molar-refractivity contribution >= 4 is 23.1 Å². The van der Waals surface area contributed by atoms with E-state index >= 15 is 0 Å². The summed E-state index contributed by atoms with van der Waals surface area (Å²) in [6.45, 7) is 3.99. The Morgan fingerprint density at radius 3 is 2.24 bits per heavy atom. The van der Waals surface area contributed by atoms with Gasteiger partial charge in [0.25, 0.3) is 0 Å². The first kappa shape index (κ1) is 14.8. The molecule has 0 amide bonds. The van der Waals surface area contributed by atoms with Gasteiger partial charge in [0, 0.05) is 12.6 Å². The Hall–Kier alpha value is -2.62. The molecule has 0 fully saturated rings. The van der Waals surface area contributed by atoms with E-state index in [2.05, 4.69) is 20.5 Å². The first-order valence-electron chi connectivity index (χ1n) is 6.79. The number of hydrogen-bond donors (Lipinski definition) is 0. The molecule has 0 unspecified atom stereocenters. The Balaban J connectivity index is 2.41. The Morgan fingerprint density at radius 2 is 1.57 bits per heavy atom. The molecule has 0 aliphatic rings. The van der Waals surface area contributed by atoms with Gasteiger partial charge in [-0.1, -0.05) is 30.4 Å². The standard InChI is InChI=1S/C17H18N4/c1-4-8-15-13(2)16(11-12-17(15)20-18-3)21-19-14-9-6-5-7-10-14/h4-12H,1-3H3/b8-4-,20-18?,21-19?. The van der Waals surface area contributed by atoms with E-state index in [0.29, 0.717) is 0 Å². The number of azo groups is 2. The van der Waals surface area contributed by atoms with Crippen molar-refractivity contribution in [1.82, 2.24) is 0 Å². The number of hydrogen-bond acceptors (Lipinski definition) is 4. The lowest BCUT2D eigenvalue weighted by Gasteiger charge is -2.07. The monoisotopic (exact) mass is 278 g/mol. The predicted octanol–water partition coefficient (Wildman–Crippen LogP) is 6.16. The van der Waals surface area contributed by atoms with Crippen molar-refractivity contribution in [1.29, 1.82) is 0 Å². The third kappa shape index (κ3) is 3.69. The second kappa shape index (κ2) is 7.24. The lowest BCUT2D eigenvalue weighted by Crippen LogP contribution is -1.83. The lowest BCUT2D eigenvalue weighted by atomic mass is 10.0. The fourth-order valence-electron chi connectivity index (χ4n) is 1.99. The third-order valence-electron chi connectivity index (χ3n) is 3.03. The third-order valence-corrected chi connectivity index (χ3v) is 3.03. The summed E-state index contributed by atoms with van der Waals surface area (Å²) in [5, 5.41) is 16.6. The fourth-order valence-corrected chi connectivity index (χ4v) is 1.99. The first-order chi connectivity index (χ1) is 10.3. The summed E-state index contributed by atoms with van der Waals surface area (Å²) in [4.78, 5) is 0. The van der Waals surface area contributed by atoms with E-state index in [0.717, 1.165) is 28.2 Å². The van der Waals surface area contributed by atoms with Crippen molar-refractivity contribution in [3.05, 3.63) is 59.7 Å². The van der Waals surface area contributed by atoms with Crippen LogP contribution in [-0.2, 0) is 0 Å². The highest BCUT2D eigenvalue weighted by Crippen LogP contribution is 2.32. The number of rotatable bonds is 4. The maximum atomic E-state index is 4.34. The molecule has 0 saturated heterocycles. The van der Waals surface area contributed by atoms with E-state index < -0.39 is 0 Å². The highest BCUT2D eigenvalue weighted by Gasteiger charge is 2.07. The van der Waals surface area contributed by atoms with E-state index in [1.807, 2.05) is 68.5 Å². The summed E-state index contributed by atoms with van der Waals surface area (Å²) in [6, 6.07) is 13.5. The molecular formula is C17H18N4. The van der Waals surface area contributed by atoms with Gasteiger partial charge in [0.15, 0.2) is 0 Å². The Kier molecular flexibility index (Phi) is 5.10. The van der Waals surface area contributed by atoms with E-state index in [1.165, 1.54) is 0 Å². The van der Waals surface area contributed by atoms with Crippen LogP contribution in [-0.4, -0.2) is 7.05 Å². The predicted molar refractivity (Wildman–Crippen MR) is 86.9 cm³/mol. The summed E-state index contributed by atoms with van der Waals surface area (Å²) in [5.74, 6) is 0. The molecule has 0 aliphatic carbocycles. The largest absolute Gasteiger partial charge is 0.192 e. The minimum absolute atomic E-state index is 0.835. The van der Waals surface area contributed by atoms with Gasteiger partial charge in [-0.25, -0.2) is 0 Å². The molecule has 0 saturated carbocycles. The summed E-state index contributed by atoms with van der Waals surface area (Å²) < 4.78 is 0. The summed E-state index contributed by atoms with van der Waals surface area (Å²) in [7, 11) is 1.66. The van der Waals surface area contributed by atoms with Crippen molar-refractivity contribution in [2.45, 2.75) is 13.8 Å². The highest BCUT2D eigenvalue weighted by atomic mass is 15.1. The molecule has 0 spiro atoms. The molecule has 2 aromatic rings. The van der Waals surface area contributed by atoms with Gasteiger partial charge in [0.05, 0.1) is 17.1 Å². The van der Waals surface area contributed by atoms with Crippen LogP contribution in [0.25, 0.3) is 6.08 Å². The summed E-state index contributed by atoms with van der Waals surface area (Å²) in [6.07, 6.45) is 4.00. The molecule has 4 nitrogen and oxygen atoms in total. The average molecular weight is 278 g/mol. The van der Waals surface area contributed by atoms with Gasteiger partial charge in [-0.2, -0.15) is 20.5 Å². The van der Waals surface area contributed by atoms with Gasteiger partial charge in [-0.05, 0) is 43.7 Å². The van der Waals surface area contributed by atoms with Crippen LogP contribution in [0.2, 0.25) is 0 Å². The van der Waals surface area contributed by atoms with E-state index in [1.54, 1.807) is 7.05 Å². The van der Waals surface area contributed by atoms with Crippen LogP contribution < -0.4 is 0 Å². The molecule has 2 rings (SSSR count). The van der Waals surface area contributed by atoms with Crippen molar-refractivity contribution in [3.63, 3.8) is 0 Å². The Labute approximate surface area is 125 Å². The number of allylic oxidation sites excluding steroid dienone is 1. The van der Waals surface area contributed by atoms with Gasteiger partial charge >= 0.3 is 0 Å². The molecule has 2 aromatic carbocycles. The van der Waals surface area contributed by atoms with Crippen LogP contribution in [0.15, 0.2) is 69.0 Å². The molecule has 4 heteroatoms. The molecule has 0 radical (unpaired) electrons. The van der Waals surface area contributed by atoms with Crippen molar-refractivity contribution in [2.75, 3.05) is 7.05 Å². The highest BCUT2D eigenvalue weighted by molar-refractivity contribution is 5.72. The van der Waals surface area contributed by atoms with E-state index in [9.17, 15) is 0 Å². The summed E-state index contributed by atoms with van der Waals surface area (Å²) in [5.41, 5.74) is 4.57. The molecule has 0 bridgehead atoms. The average Bonchev–Trinajstić information content (AvgIpc) is 2.51. The fraction of sp³-hybridized carbons (Fsp3) is 0.176. The minimum Gasteiger partial charge on any atom is -0.192 e. The van der Waals surface area contributed by atoms with Crippen LogP contribution in [0.1, 0.15) is 18.1 Å². The van der Waals surface area contributed by atoms with Crippen LogP contribution >= 0.6 is 0 Å². The van der Waals surface area contributed by atoms with Crippen LogP contribution in [0.3, 0.4) is 0 Å². The van der Waals surface area contributed by atoms with Crippen molar-refractivity contribution in [3.8, 4) is 0 Å². The SMILES string of the molecule is C/C=C\c1c(N=NC)ccc(N=Nc2ccccc2)c1C. The van der Waals surface area contributed by atoms with Gasteiger partial charge in [-0.3, -0.25) is 0 Å². The molecule has 0 atom stereocenters. The van der Waals surface area contributed by atoms with Gasteiger partial charge in [-0.15, -0.1) is 0 Å². The zero-order valence-corrected chi connectivity index (χ0v) is 12.5. The maximum Gasteiger partial charge on any atom is 0.0928 e. The van der Waals surface area contributed by atoms with E-state index in [4.69, 9.17) is 0 Å². The van der Waals surface area contributed by atoms with Gasteiger partial charge in [0.1, 0.15) is 0 Å². The molecule has 0 N–H and O–H groups in total. The molecule has 0 aliphatic heterocycles. The topological polar surface area (TPSA) is 49.4 Å². The quantitative estimate of drug-likeness (QED) is 0.601. The minimum atomic E-state index is 0.835. The lowest BCUT2D eigenvalue weighted by molar-refractivity contribution is 1.15. The van der Waals surface area contributed by atoms with Crippen molar-refractivity contribution in [2.24, 2.45) is 20.5 Å². The molecular weight excluding hydrogens is 260 g/mol. The zero-order chi connectivity index (χ0) is 15.1. The number of nitrogens with zero attached hydrogens (tertiary/aromatic N) is 4. The van der Waals surface area contributed by atoms with Gasteiger partial charge < -0.3 is 0 Å². The van der Waals surface area contributed by atoms with Crippen LogP contribution in [0, 0.1) is 6.92 Å². The Bertz CT molecular complexity index is 685. The Morgan fingerprint density at radius 1 is 0.857 bits per heavy atom. The zero-order valence-electron chi connectivity index (χ0n) is 12.5. The second-order valence-corrected chi connectivity index (χ2v) is 4.48. The van der Waals surface area contributed by atoms with Crippen LogP contribution in [0.4, 0.5) is 17.1 Å². The summed E-state index contributed by atoms with van der Waals surface area (Å²) >= 11 is 0. The smallest absolute Gasteiger partial charge is 0.0928 e. The first-order valence-corrected chi connectivity index (χ1v) is 6.79. The molecule has 0 aromatic heterocycles.